The van der Waals surface area contributed by atoms with Gasteiger partial charge in [0.05, 0.1) is 22.8 Å². The Bertz CT molecular complexity index is 691. The molecule has 0 amide bonds. The van der Waals surface area contributed by atoms with Crippen LogP contribution in [-0.4, -0.2) is 36.9 Å². The van der Waals surface area contributed by atoms with E-state index in [2.05, 4.69) is 0 Å². The van der Waals surface area contributed by atoms with E-state index in [-0.39, 0.29) is 24.4 Å². The largest absolute Gasteiger partial charge is 0.481 e. The van der Waals surface area contributed by atoms with Crippen LogP contribution in [0.2, 0.25) is 0 Å². The van der Waals surface area contributed by atoms with Gasteiger partial charge in [-0.3, -0.25) is 4.79 Å². The number of hydrogen-bond acceptors (Lipinski definition) is 4. The van der Waals surface area contributed by atoms with Gasteiger partial charge < -0.3 is 5.11 Å². The summed E-state index contributed by atoms with van der Waals surface area (Å²) in [5.74, 6) is -0.982. The Morgan fingerprint density at radius 1 is 1.43 bits per heavy atom. The molecular weight excluding hydrogens is 292 g/mol. The number of carboxylic acids is 1. The van der Waals surface area contributed by atoms with Gasteiger partial charge in [0.25, 0.3) is 0 Å². The van der Waals surface area contributed by atoms with Crippen molar-refractivity contribution in [1.29, 1.82) is 5.26 Å². The lowest BCUT2D eigenvalue weighted by molar-refractivity contribution is -0.146. The molecule has 1 aliphatic heterocycles. The second kappa shape index (κ2) is 5.47. The van der Waals surface area contributed by atoms with Crippen molar-refractivity contribution < 1.29 is 18.3 Å². The Hall–Kier alpha value is -1.91. The van der Waals surface area contributed by atoms with Gasteiger partial charge in [-0.1, -0.05) is 12.1 Å². The first-order valence-electron chi connectivity index (χ1n) is 6.49. The van der Waals surface area contributed by atoms with E-state index in [4.69, 9.17) is 10.4 Å². The molecule has 1 fully saturated rings. The number of sulfonamides is 1. The fourth-order valence-corrected chi connectivity index (χ4v) is 3.88. The minimum absolute atomic E-state index is 0.0232. The van der Waals surface area contributed by atoms with E-state index in [1.165, 1.54) is 16.4 Å². The third-order valence-electron chi connectivity index (χ3n) is 3.80. The molecule has 0 aliphatic carbocycles. The van der Waals surface area contributed by atoms with Gasteiger partial charge in [0.2, 0.25) is 10.0 Å². The van der Waals surface area contributed by atoms with Crippen molar-refractivity contribution in [3.05, 3.63) is 29.8 Å². The summed E-state index contributed by atoms with van der Waals surface area (Å²) in [7, 11) is -3.69. The van der Waals surface area contributed by atoms with Crippen LogP contribution >= 0.6 is 0 Å². The highest BCUT2D eigenvalue weighted by atomic mass is 32.2. The van der Waals surface area contributed by atoms with Gasteiger partial charge in [-0.05, 0) is 31.0 Å². The molecule has 0 spiro atoms. The van der Waals surface area contributed by atoms with Crippen molar-refractivity contribution in [3.63, 3.8) is 0 Å². The quantitative estimate of drug-likeness (QED) is 0.902. The molecule has 1 atom stereocenters. The number of carboxylic acid groups (broad SMARTS) is 1. The van der Waals surface area contributed by atoms with Crippen LogP contribution in [-0.2, 0) is 21.2 Å². The van der Waals surface area contributed by atoms with Crippen LogP contribution in [0, 0.1) is 16.7 Å². The van der Waals surface area contributed by atoms with Crippen LogP contribution in [0.1, 0.15) is 18.9 Å². The zero-order chi connectivity index (χ0) is 15.7. The van der Waals surface area contributed by atoms with Crippen molar-refractivity contribution in [2.24, 2.45) is 5.41 Å². The van der Waals surface area contributed by atoms with Gasteiger partial charge in [0.1, 0.15) is 0 Å². The third kappa shape index (κ3) is 2.91. The Kier molecular flexibility index (Phi) is 4.03. The van der Waals surface area contributed by atoms with Gasteiger partial charge in [-0.25, -0.2) is 8.42 Å². The molecule has 1 aliphatic rings. The molecule has 1 saturated heterocycles. The van der Waals surface area contributed by atoms with Crippen LogP contribution in [0.3, 0.4) is 0 Å². The second-order valence-electron chi connectivity index (χ2n) is 5.43. The lowest BCUT2D eigenvalue weighted by Crippen LogP contribution is -2.34. The zero-order valence-electron chi connectivity index (χ0n) is 11.6. The summed E-state index contributed by atoms with van der Waals surface area (Å²) in [5, 5.41) is 17.8. The van der Waals surface area contributed by atoms with Crippen LogP contribution in [0.5, 0.6) is 0 Å². The molecule has 21 heavy (non-hydrogen) atoms. The molecule has 0 aromatic heterocycles. The van der Waals surface area contributed by atoms with Gasteiger partial charge in [0, 0.05) is 13.1 Å². The maximum absolute atomic E-state index is 12.5. The number of benzene rings is 1. The summed E-state index contributed by atoms with van der Waals surface area (Å²) in [5.41, 5.74) is -0.290. The molecular formula is C14H16N2O4S. The standard InChI is InChI=1S/C14H16N2O4S/c1-14(13(17)18)7-9-16(10-14)21(19,20)12-4-2-11(3-5-12)6-8-15/h2-5H,6-7,9-10H2,1H3,(H,17,18). The molecule has 1 aromatic rings. The molecule has 112 valence electrons. The van der Waals surface area contributed by atoms with E-state index >= 15 is 0 Å². The molecule has 1 N–H and O–H groups in total. The fraction of sp³-hybridized carbons (Fsp3) is 0.429. The monoisotopic (exact) mass is 308 g/mol. The van der Waals surface area contributed by atoms with Gasteiger partial charge in [0.15, 0.2) is 0 Å². The Morgan fingerprint density at radius 3 is 2.52 bits per heavy atom. The summed E-state index contributed by atoms with van der Waals surface area (Å²) in [4.78, 5) is 11.3. The first-order chi connectivity index (χ1) is 9.79. The summed E-state index contributed by atoms with van der Waals surface area (Å²) in [6.07, 6.45) is 0.523. The SMILES string of the molecule is CC1(C(=O)O)CCN(S(=O)(=O)c2ccc(CC#N)cc2)C1. The first-order valence-corrected chi connectivity index (χ1v) is 7.93. The summed E-state index contributed by atoms with van der Waals surface area (Å²) >= 11 is 0. The van der Waals surface area contributed by atoms with E-state index in [9.17, 15) is 13.2 Å². The number of aliphatic carboxylic acids is 1. The molecule has 7 heteroatoms. The molecule has 2 rings (SSSR count). The Balaban J connectivity index is 2.23. The highest BCUT2D eigenvalue weighted by Gasteiger charge is 2.44. The number of nitriles is 1. The van der Waals surface area contributed by atoms with Crippen molar-refractivity contribution >= 4 is 16.0 Å². The Morgan fingerprint density at radius 2 is 2.05 bits per heavy atom. The highest BCUT2D eigenvalue weighted by molar-refractivity contribution is 7.89. The van der Waals surface area contributed by atoms with E-state index in [1.807, 2.05) is 6.07 Å². The van der Waals surface area contributed by atoms with Crippen molar-refractivity contribution in [1.82, 2.24) is 4.31 Å². The highest BCUT2D eigenvalue weighted by Crippen LogP contribution is 2.33. The topological polar surface area (TPSA) is 98.5 Å². The van der Waals surface area contributed by atoms with Crippen LogP contribution in [0.15, 0.2) is 29.2 Å². The lowest BCUT2D eigenvalue weighted by Gasteiger charge is -2.20. The minimum Gasteiger partial charge on any atom is -0.481 e. The first kappa shape index (κ1) is 15.5. The third-order valence-corrected chi connectivity index (χ3v) is 5.66. The fourth-order valence-electron chi connectivity index (χ4n) is 2.32. The van der Waals surface area contributed by atoms with Gasteiger partial charge >= 0.3 is 5.97 Å². The molecule has 1 heterocycles. The van der Waals surface area contributed by atoms with E-state index < -0.39 is 21.4 Å². The molecule has 0 saturated carbocycles. The second-order valence-corrected chi connectivity index (χ2v) is 7.37. The van der Waals surface area contributed by atoms with Gasteiger partial charge in [-0.15, -0.1) is 0 Å². The normalized spacial score (nSPS) is 22.9. The molecule has 6 nitrogen and oxygen atoms in total. The maximum Gasteiger partial charge on any atom is 0.310 e. The average molecular weight is 308 g/mol. The zero-order valence-corrected chi connectivity index (χ0v) is 12.4. The van der Waals surface area contributed by atoms with Crippen molar-refractivity contribution in [2.75, 3.05) is 13.1 Å². The van der Waals surface area contributed by atoms with E-state index in [1.54, 1.807) is 19.1 Å². The smallest absolute Gasteiger partial charge is 0.310 e. The van der Waals surface area contributed by atoms with Crippen LogP contribution in [0.25, 0.3) is 0 Å². The predicted molar refractivity (Wildman–Crippen MR) is 74.9 cm³/mol. The van der Waals surface area contributed by atoms with Gasteiger partial charge in [-0.2, -0.15) is 9.57 Å². The number of carbonyl (C=O) groups is 1. The number of hydrogen-bond donors (Lipinski definition) is 1. The summed E-state index contributed by atoms with van der Waals surface area (Å²) in [6, 6.07) is 8.11. The lowest BCUT2D eigenvalue weighted by atomic mass is 9.90. The van der Waals surface area contributed by atoms with E-state index in [0.29, 0.717) is 6.42 Å². The minimum atomic E-state index is -3.69. The number of nitrogens with zero attached hydrogens (tertiary/aromatic N) is 2. The summed E-state index contributed by atoms with van der Waals surface area (Å²) in [6.45, 7) is 1.73. The summed E-state index contributed by atoms with van der Waals surface area (Å²) < 4.78 is 26.2. The van der Waals surface area contributed by atoms with E-state index in [0.717, 1.165) is 5.56 Å². The molecule has 0 radical (unpaired) electrons. The predicted octanol–water partition coefficient (Wildman–Crippen LogP) is 1.24. The van der Waals surface area contributed by atoms with Crippen molar-refractivity contribution in [3.8, 4) is 6.07 Å². The van der Waals surface area contributed by atoms with Crippen LogP contribution < -0.4 is 0 Å². The van der Waals surface area contributed by atoms with Crippen molar-refractivity contribution in [2.45, 2.75) is 24.7 Å². The maximum atomic E-state index is 12.5. The Labute approximate surface area is 123 Å². The van der Waals surface area contributed by atoms with Crippen LogP contribution in [0.4, 0.5) is 0 Å². The molecule has 0 bridgehead atoms. The number of rotatable bonds is 4. The molecule has 1 aromatic carbocycles. The average Bonchev–Trinajstić information content (AvgIpc) is 2.85. The molecule has 1 unspecified atom stereocenters.